The molecule has 0 aromatic heterocycles. The smallest absolute Gasteiger partial charge is 0.288 e. The first-order valence-electron chi connectivity index (χ1n) is 8.10. The van der Waals surface area contributed by atoms with Crippen molar-refractivity contribution in [1.82, 2.24) is 0 Å². The zero-order valence-corrected chi connectivity index (χ0v) is 15.0. The Balaban J connectivity index is 1.91. The van der Waals surface area contributed by atoms with E-state index in [9.17, 15) is 14.9 Å². The molecule has 1 aliphatic rings. The van der Waals surface area contributed by atoms with Crippen LogP contribution in [0.3, 0.4) is 0 Å². The lowest BCUT2D eigenvalue weighted by molar-refractivity contribution is -0.384. The van der Waals surface area contributed by atoms with E-state index < -0.39 is 10.8 Å². The zero-order chi connectivity index (χ0) is 18.8. The van der Waals surface area contributed by atoms with Gasteiger partial charge in [-0.05, 0) is 32.0 Å². The lowest BCUT2D eigenvalue weighted by atomic mass is 10.1. The van der Waals surface area contributed by atoms with Crippen LogP contribution in [0.4, 0.5) is 11.4 Å². The Kier molecular flexibility index (Phi) is 4.99. The molecule has 26 heavy (non-hydrogen) atoms. The summed E-state index contributed by atoms with van der Waals surface area (Å²) in [7, 11) is 0. The average molecular weight is 377 g/mol. The van der Waals surface area contributed by atoms with Gasteiger partial charge >= 0.3 is 0 Å². The average Bonchev–Trinajstić information content (AvgIpc) is 2.94. The normalized spacial score (nSPS) is 15.1. The molecule has 0 fully saturated rings. The van der Waals surface area contributed by atoms with Gasteiger partial charge in [0.05, 0.1) is 17.2 Å². The van der Waals surface area contributed by atoms with Gasteiger partial charge in [-0.25, -0.2) is 0 Å². The van der Waals surface area contributed by atoms with Crippen LogP contribution < -0.4 is 14.8 Å². The number of ether oxygens (including phenoxy) is 2. The molecule has 0 bridgehead atoms. The van der Waals surface area contributed by atoms with Crippen molar-refractivity contribution in [3.8, 4) is 11.5 Å². The summed E-state index contributed by atoms with van der Waals surface area (Å²) >= 11 is 5.79. The van der Waals surface area contributed by atoms with Crippen LogP contribution in [0.2, 0.25) is 5.02 Å². The van der Waals surface area contributed by atoms with Crippen molar-refractivity contribution in [3.05, 3.63) is 56.6 Å². The number of carbonyl (C=O) groups excluding carboxylic acids is 1. The van der Waals surface area contributed by atoms with Crippen molar-refractivity contribution in [2.45, 2.75) is 26.4 Å². The second-order valence-electron chi connectivity index (χ2n) is 5.90. The summed E-state index contributed by atoms with van der Waals surface area (Å²) in [5.74, 6) is 0.718. The number of carbonyl (C=O) groups is 1. The van der Waals surface area contributed by atoms with E-state index in [2.05, 4.69) is 5.32 Å². The van der Waals surface area contributed by atoms with Gasteiger partial charge < -0.3 is 14.8 Å². The van der Waals surface area contributed by atoms with Gasteiger partial charge in [0.25, 0.3) is 11.6 Å². The number of hydrogen-bond acceptors (Lipinski definition) is 5. The number of hydrogen-bond donors (Lipinski definition) is 1. The Morgan fingerprint density at radius 3 is 2.88 bits per heavy atom. The summed E-state index contributed by atoms with van der Waals surface area (Å²) in [6.07, 6.45) is 0.830. The summed E-state index contributed by atoms with van der Waals surface area (Å²) in [6, 6.07) is 7.46. The molecule has 2 aromatic carbocycles. The summed E-state index contributed by atoms with van der Waals surface area (Å²) in [4.78, 5) is 22.9. The van der Waals surface area contributed by atoms with Gasteiger partial charge in [0.2, 0.25) is 0 Å². The Hall–Kier alpha value is -2.80. The highest BCUT2D eigenvalue weighted by Gasteiger charge is 2.23. The first kappa shape index (κ1) is 18.0. The van der Waals surface area contributed by atoms with Crippen LogP contribution >= 0.6 is 11.6 Å². The highest BCUT2D eigenvalue weighted by molar-refractivity contribution is 6.32. The van der Waals surface area contributed by atoms with Gasteiger partial charge in [0.15, 0.2) is 0 Å². The van der Waals surface area contributed by atoms with Gasteiger partial charge in [0.1, 0.15) is 22.6 Å². The van der Waals surface area contributed by atoms with Crippen LogP contribution in [0.1, 0.15) is 29.8 Å². The predicted molar refractivity (Wildman–Crippen MR) is 97.5 cm³/mol. The number of rotatable bonds is 5. The van der Waals surface area contributed by atoms with E-state index in [1.54, 1.807) is 6.07 Å². The van der Waals surface area contributed by atoms with E-state index in [4.69, 9.17) is 21.1 Å². The molecule has 136 valence electrons. The molecule has 7 nitrogen and oxygen atoms in total. The van der Waals surface area contributed by atoms with Gasteiger partial charge in [-0.3, -0.25) is 14.9 Å². The number of anilines is 1. The minimum Gasteiger partial charge on any atom is -0.492 e. The van der Waals surface area contributed by atoms with Crippen molar-refractivity contribution in [3.63, 3.8) is 0 Å². The minimum absolute atomic E-state index is 0.0264. The molecular weight excluding hydrogens is 360 g/mol. The fraction of sp³-hybridized carbons (Fsp3) is 0.278. The second kappa shape index (κ2) is 7.21. The van der Waals surface area contributed by atoms with Crippen molar-refractivity contribution < 1.29 is 19.2 Å². The third-order valence-electron chi connectivity index (χ3n) is 3.95. The highest BCUT2D eigenvalue weighted by Crippen LogP contribution is 2.38. The van der Waals surface area contributed by atoms with E-state index in [1.165, 1.54) is 12.1 Å². The third-order valence-corrected chi connectivity index (χ3v) is 4.27. The second-order valence-corrected chi connectivity index (χ2v) is 6.31. The summed E-state index contributed by atoms with van der Waals surface area (Å²) < 4.78 is 11.3. The molecule has 1 aliphatic heterocycles. The number of nitrogens with zero attached hydrogens (tertiary/aromatic N) is 1. The molecule has 0 unspecified atom stereocenters. The third kappa shape index (κ3) is 3.57. The van der Waals surface area contributed by atoms with E-state index in [1.807, 2.05) is 19.9 Å². The maximum atomic E-state index is 12.5. The molecule has 1 heterocycles. The summed E-state index contributed by atoms with van der Waals surface area (Å²) in [5, 5.41) is 13.7. The molecule has 0 spiro atoms. The zero-order valence-electron chi connectivity index (χ0n) is 14.2. The minimum atomic E-state index is -0.630. The van der Waals surface area contributed by atoms with E-state index >= 15 is 0 Å². The van der Waals surface area contributed by atoms with Crippen molar-refractivity contribution in [2.24, 2.45) is 0 Å². The van der Waals surface area contributed by atoms with Crippen molar-refractivity contribution in [2.75, 3.05) is 11.9 Å². The number of nitro benzene ring substituents is 1. The molecule has 1 amide bonds. The number of nitro groups is 1. The molecular formula is C18H17ClN2O5. The Bertz CT molecular complexity index is 884. The molecule has 0 saturated carbocycles. The molecule has 0 saturated heterocycles. The Morgan fingerprint density at radius 2 is 2.19 bits per heavy atom. The van der Waals surface area contributed by atoms with Crippen LogP contribution in [-0.4, -0.2) is 23.5 Å². The van der Waals surface area contributed by atoms with Gasteiger partial charge in [-0.2, -0.15) is 0 Å². The van der Waals surface area contributed by atoms with Crippen LogP contribution in [0.5, 0.6) is 11.5 Å². The number of halogens is 1. The van der Waals surface area contributed by atoms with Gasteiger partial charge in [-0.15, -0.1) is 0 Å². The first-order valence-corrected chi connectivity index (χ1v) is 8.48. The monoisotopic (exact) mass is 376 g/mol. The molecule has 0 radical (unpaired) electrons. The Labute approximate surface area is 155 Å². The van der Waals surface area contributed by atoms with Gasteiger partial charge in [0, 0.05) is 29.7 Å². The molecule has 3 rings (SSSR count). The standard InChI is InChI=1S/C18H17ClN2O5/c1-3-25-17-8-12-6-10(2)26-16(12)9-14(17)20-18(22)11-4-5-13(19)15(7-11)21(23)24/h4-5,7-10H,3,6H2,1-2H3,(H,20,22)/t10-/m1/s1. The lowest BCUT2D eigenvalue weighted by Crippen LogP contribution is -2.13. The predicted octanol–water partition coefficient (Wildman–Crippen LogP) is 4.22. The summed E-state index contributed by atoms with van der Waals surface area (Å²) in [5.41, 5.74) is 1.26. The quantitative estimate of drug-likeness (QED) is 0.623. The molecule has 8 heteroatoms. The largest absolute Gasteiger partial charge is 0.492 e. The molecule has 0 aliphatic carbocycles. The topological polar surface area (TPSA) is 90.7 Å². The van der Waals surface area contributed by atoms with Crippen LogP contribution in [-0.2, 0) is 6.42 Å². The van der Waals surface area contributed by atoms with Gasteiger partial charge in [-0.1, -0.05) is 11.6 Å². The van der Waals surface area contributed by atoms with E-state index in [-0.39, 0.29) is 22.4 Å². The molecule has 2 aromatic rings. The van der Waals surface area contributed by atoms with E-state index in [0.29, 0.717) is 23.8 Å². The number of amides is 1. The van der Waals surface area contributed by atoms with Crippen LogP contribution in [0.15, 0.2) is 30.3 Å². The van der Waals surface area contributed by atoms with Crippen molar-refractivity contribution in [1.29, 1.82) is 0 Å². The van der Waals surface area contributed by atoms with Crippen LogP contribution in [0.25, 0.3) is 0 Å². The maximum Gasteiger partial charge on any atom is 0.288 e. The number of benzene rings is 2. The molecule has 1 atom stereocenters. The fourth-order valence-electron chi connectivity index (χ4n) is 2.80. The Morgan fingerprint density at radius 1 is 1.42 bits per heavy atom. The highest BCUT2D eigenvalue weighted by atomic mass is 35.5. The van der Waals surface area contributed by atoms with Crippen LogP contribution in [0, 0.1) is 10.1 Å². The lowest BCUT2D eigenvalue weighted by Gasteiger charge is -2.13. The SMILES string of the molecule is CCOc1cc2c(cc1NC(=O)c1ccc(Cl)c([N+](=O)[O-])c1)O[C@H](C)C2. The van der Waals surface area contributed by atoms with E-state index in [0.717, 1.165) is 18.1 Å². The first-order chi connectivity index (χ1) is 12.4. The number of nitrogens with one attached hydrogen (secondary N) is 1. The molecule has 1 N–H and O–H groups in total. The maximum absolute atomic E-state index is 12.5. The number of fused-ring (bicyclic) bond motifs is 1. The summed E-state index contributed by atoms with van der Waals surface area (Å²) in [6.45, 7) is 4.25. The van der Waals surface area contributed by atoms with Crippen molar-refractivity contribution >= 4 is 28.9 Å². The fourth-order valence-corrected chi connectivity index (χ4v) is 2.99.